The molecule has 2 N–H and O–H groups in total. The van der Waals surface area contributed by atoms with Crippen LogP contribution in [-0.2, 0) is 6.54 Å². The average Bonchev–Trinajstić information content (AvgIpc) is 2.76. The number of nitrogen functional groups attached to an aromatic ring is 1. The summed E-state index contributed by atoms with van der Waals surface area (Å²) in [6.45, 7) is 0.534. The van der Waals surface area contributed by atoms with Gasteiger partial charge in [-0.1, -0.05) is 12.1 Å². The van der Waals surface area contributed by atoms with E-state index < -0.39 is 0 Å². The molecule has 0 fully saturated rings. The monoisotopic (exact) mass is 397 g/mol. The number of hydrogen-bond donors (Lipinski definition) is 1. The van der Waals surface area contributed by atoms with Gasteiger partial charge in [-0.25, -0.2) is 9.37 Å². The van der Waals surface area contributed by atoms with Crippen LogP contribution in [0.15, 0.2) is 36.4 Å². The van der Waals surface area contributed by atoms with Crippen molar-refractivity contribution in [1.29, 1.82) is 0 Å². The van der Waals surface area contributed by atoms with Crippen LogP contribution in [-0.4, -0.2) is 16.7 Å². The minimum atomic E-state index is -0.265. The summed E-state index contributed by atoms with van der Waals surface area (Å²) >= 11 is 1.95. The number of nitrogens with zero attached hydrogens (tertiary/aromatic N) is 2. The molecule has 0 amide bonds. The van der Waals surface area contributed by atoms with E-state index in [0.717, 1.165) is 11.3 Å². The largest absolute Gasteiger partial charge is 0.497 e. The summed E-state index contributed by atoms with van der Waals surface area (Å²) in [7, 11) is 1.63. The molecule has 3 aromatic rings. The summed E-state index contributed by atoms with van der Waals surface area (Å²) in [4.78, 5) is 4.29. The fourth-order valence-electron chi connectivity index (χ4n) is 2.22. The number of imidazole rings is 1. The Morgan fingerprint density at radius 3 is 2.67 bits per heavy atom. The highest BCUT2D eigenvalue weighted by atomic mass is 127. The second kappa shape index (κ2) is 5.51. The van der Waals surface area contributed by atoms with E-state index in [9.17, 15) is 4.39 Å². The molecule has 0 aliphatic rings. The van der Waals surface area contributed by atoms with Crippen molar-refractivity contribution in [3.05, 3.63) is 51.3 Å². The Labute approximate surface area is 134 Å². The predicted molar refractivity (Wildman–Crippen MR) is 88.9 cm³/mol. The van der Waals surface area contributed by atoms with Crippen LogP contribution in [0.3, 0.4) is 0 Å². The van der Waals surface area contributed by atoms with Crippen molar-refractivity contribution in [3.63, 3.8) is 0 Å². The molecule has 0 unspecified atom stereocenters. The van der Waals surface area contributed by atoms with Gasteiger partial charge in [0.05, 0.1) is 28.3 Å². The normalized spacial score (nSPS) is 11.0. The molecule has 4 nitrogen and oxygen atoms in total. The number of fused-ring (bicyclic) bond motifs is 1. The third kappa shape index (κ3) is 2.67. The van der Waals surface area contributed by atoms with E-state index in [1.165, 1.54) is 6.07 Å². The van der Waals surface area contributed by atoms with E-state index in [-0.39, 0.29) is 5.82 Å². The minimum Gasteiger partial charge on any atom is -0.497 e. The van der Waals surface area contributed by atoms with Gasteiger partial charge in [-0.05, 0) is 46.4 Å². The van der Waals surface area contributed by atoms with Crippen LogP contribution in [0.4, 0.5) is 10.3 Å². The number of ether oxygens (including phenoxy) is 1. The smallest absolute Gasteiger partial charge is 0.201 e. The van der Waals surface area contributed by atoms with Gasteiger partial charge in [0.2, 0.25) is 5.95 Å². The molecule has 0 saturated heterocycles. The summed E-state index contributed by atoms with van der Waals surface area (Å²) in [5, 5.41) is 0. The van der Waals surface area contributed by atoms with Crippen molar-refractivity contribution in [2.24, 2.45) is 0 Å². The quantitative estimate of drug-likeness (QED) is 0.690. The molecule has 108 valence electrons. The Morgan fingerprint density at radius 1 is 1.29 bits per heavy atom. The number of hydrogen-bond acceptors (Lipinski definition) is 3. The van der Waals surface area contributed by atoms with Crippen molar-refractivity contribution in [1.82, 2.24) is 9.55 Å². The van der Waals surface area contributed by atoms with E-state index >= 15 is 0 Å². The number of halogens is 2. The summed E-state index contributed by atoms with van der Waals surface area (Å²) in [5.41, 5.74) is 8.40. The third-order valence-electron chi connectivity index (χ3n) is 3.32. The summed E-state index contributed by atoms with van der Waals surface area (Å²) in [5.74, 6) is 0.906. The van der Waals surface area contributed by atoms with E-state index in [2.05, 4.69) is 4.98 Å². The van der Waals surface area contributed by atoms with Crippen LogP contribution >= 0.6 is 22.6 Å². The number of benzene rings is 2. The molecule has 0 aliphatic heterocycles. The maximum absolute atomic E-state index is 13.8. The van der Waals surface area contributed by atoms with Gasteiger partial charge >= 0.3 is 0 Å². The molecule has 21 heavy (non-hydrogen) atoms. The molecular formula is C15H13FIN3O. The lowest BCUT2D eigenvalue weighted by Gasteiger charge is -2.08. The Hall–Kier alpha value is -1.83. The van der Waals surface area contributed by atoms with Gasteiger partial charge in [0.15, 0.2) is 0 Å². The van der Waals surface area contributed by atoms with Crippen LogP contribution in [0.2, 0.25) is 0 Å². The Bertz CT molecular complexity index is 799. The molecule has 6 heteroatoms. The Kier molecular flexibility index (Phi) is 3.71. The first-order chi connectivity index (χ1) is 10.1. The Balaban J connectivity index is 2.03. The first-order valence-electron chi connectivity index (χ1n) is 6.32. The first kappa shape index (κ1) is 14.1. The van der Waals surface area contributed by atoms with Gasteiger partial charge < -0.3 is 15.0 Å². The first-order valence-corrected chi connectivity index (χ1v) is 7.40. The third-order valence-corrected chi connectivity index (χ3v) is 4.15. The fraction of sp³-hybridized carbons (Fsp3) is 0.133. The number of methoxy groups -OCH3 is 1. The fourth-order valence-corrected chi connectivity index (χ4v) is 2.67. The van der Waals surface area contributed by atoms with Crippen LogP contribution in [0.25, 0.3) is 11.0 Å². The lowest BCUT2D eigenvalue weighted by atomic mass is 10.2. The van der Waals surface area contributed by atoms with E-state index in [1.54, 1.807) is 17.7 Å². The molecule has 1 aromatic heterocycles. The maximum Gasteiger partial charge on any atom is 0.201 e. The molecule has 0 aliphatic carbocycles. The molecule has 0 radical (unpaired) electrons. The van der Waals surface area contributed by atoms with Gasteiger partial charge in [0.1, 0.15) is 11.6 Å². The van der Waals surface area contributed by atoms with E-state index in [0.29, 0.717) is 27.1 Å². The van der Waals surface area contributed by atoms with Crippen LogP contribution < -0.4 is 10.5 Å². The molecule has 0 bridgehead atoms. The summed E-state index contributed by atoms with van der Waals surface area (Å²) in [6, 6.07) is 10.8. The maximum atomic E-state index is 13.8. The number of anilines is 1. The second-order valence-electron chi connectivity index (χ2n) is 4.66. The SMILES string of the molecule is COc1ccc(Cn2c(N)nc3cc(I)c(F)cc32)cc1. The zero-order valence-corrected chi connectivity index (χ0v) is 13.5. The predicted octanol–water partition coefficient (Wildman–Crippen LogP) is 3.42. The van der Waals surface area contributed by atoms with Gasteiger partial charge in [-0.2, -0.15) is 0 Å². The van der Waals surface area contributed by atoms with Crippen molar-refractivity contribution >= 4 is 39.6 Å². The molecule has 0 atom stereocenters. The molecule has 2 aromatic carbocycles. The molecule has 3 rings (SSSR count). The van der Waals surface area contributed by atoms with Crippen molar-refractivity contribution in [2.75, 3.05) is 12.8 Å². The van der Waals surface area contributed by atoms with Crippen molar-refractivity contribution in [3.8, 4) is 5.75 Å². The number of aromatic nitrogens is 2. The van der Waals surface area contributed by atoms with E-state index in [1.807, 2.05) is 46.9 Å². The lowest BCUT2D eigenvalue weighted by molar-refractivity contribution is 0.414. The zero-order valence-electron chi connectivity index (χ0n) is 11.3. The molecule has 1 heterocycles. The van der Waals surface area contributed by atoms with Gasteiger partial charge in [-0.15, -0.1) is 0 Å². The molecule has 0 saturated carbocycles. The average molecular weight is 397 g/mol. The molecular weight excluding hydrogens is 384 g/mol. The standard InChI is InChI=1S/C15H13FIN3O/c1-21-10-4-2-9(3-5-10)8-20-14-6-11(16)12(17)7-13(14)19-15(20)18/h2-7H,8H2,1H3,(H2,18,19). The highest BCUT2D eigenvalue weighted by Crippen LogP contribution is 2.24. The minimum absolute atomic E-state index is 0.265. The van der Waals surface area contributed by atoms with Crippen LogP contribution in [0.1, 0.15) is 5.56 Å². The highest BCUT2D eigenvalue weighted by molar-refractivity contribution is 14.1. The van der Waals surface area contributed by atoms with E-state index in [4.69, 9.17) is 10.5 Å². The Morgan fingerprint density at radius 2 is 2.00 bits per heavy atom. The number of rotatable bonds is 3. The van der Waals surface area contributed by atoms with Crippen LogP contribution in [0, 0.1) is 9.39 Å². The molecule has 0 spiro atoms. The van der Waals surface area contributed by atoms with Crippen molar-refractivity contribution < 1.29 is 9.13 Å². The second-order valence-corrected chi connectivity index (χ2v) is 5.82. The van der Waals surface area contributed by atoms with Crippen LogP contribution in [0.5, 0.6) is 5.75 Å². The van der Waals surface area contributed by atoms with Crippen molar-refractivity contribution in [2.45, 2.75) is 6.54 Å². The topological polar surface area (TPSA) is 53.1 Å². The summed E-state index contributed by atoms with van der Waals surface area (Å²) < 4.78 is 21.2. The van der Waals surface area contributed by atoms with Gasteiger partial charge in [0.25, 0.3) is 0 Å². The number of nitrogens with two attached hydrogens (primary N) is 1. The highest BCUT2D eigenvalue weighted by Gasteiger charge is 2.12. The van der Waals surface area contributed by atoms with Gasteiger partial charge in [0, 0.05) is 6.07 Å². The lowest BCUT2D eigenvalue weighted by Crippen LogP contribution is -2.04. The zero-order chi connectivity index (χ0) is 15.0. The van der Waals surface area contributed by atoms with Gasteiger partial charge in [-0.3, -0.25) is 0 Å². The summed E-state index contributed by atoms with van der Waals surface area (Å²) in [6.07, 6.45) is 0.